The zero-order valence-corrected chi connectivity index (χ0v) is 16.0. The first kappa shape index (κ1) is 19.6. The summed E-state index contributed by atoms with van der Waals surface area (Å²) in [5, 5.41) is 0. The molecule has 3 aromatic rings. The van der Waals surface area contributed by atoms with E-state index in [9.17, 15) is 18.8 Å². The molecule has 1 aliphatic rings. The molecule has 6 nitrogen and oxygen atoms in total. The van der Waals surface area contributed by atoms with Crippen molar-refractivity contribution in [3.8, 4) is 11.3 Å². The molecule has 0 radical (unpaired) electrons. The minimum atomic E-state index is -0.768. The minimum Gasteiger partial charge on any atom is -0.451 e. The van der Waals surface area contributed by atoms with E-state index in [-0.39, 0.29) is 23.3 Å². The molecule has 2 aromatic carbocycles. The van der Waals surface area contributed by atoms with Gasteiger partial charge in [-0.15, -0.1) is 0 Å². The Morgan fingerprint density at radius 1 is 1.00 bits per heavy atom. The molecule has 30 heavy (non-hydrogen) atoms. The van der Waals surface area contributed by atoms with E-state index >= 15 is 0 Å². The quantitative estimate of drug-likeness (QED) is 0.451. The Morgan fingerprint density at radius 2 is 1.73 bits per heavy atom. The van der Waals surface area contributed by atoms with Gasteiger partial charge < -0.3 is 14.1 Å². The number of ketones is 1. The molecule has 7 heteroatoms. The maximum absolute atomic E-state index is 13.0. The molecule has 1 aliphatic heterocycles. The van der Waals surface area contributed by atoms with Gasteiger partial charge in [-0.05, 0) is 67.1 Å². The summed E-state index contributed by atoms with van der Waals surface area (Å²) in [7, 11) is 0. The summed E-state index contributed by atoms with van der Waals surface area (Å²) < 4.78 is 23.5. The van der Waals surface area contributed by atoms with Crippen LogP contribution >= 0.6 is 0 Å². The first-order chi connectivity index (χ1) is 14.5. The second-order valence-electron chi connectivity index (χ2n) is 6.87. The van der Waals surface area contributed by atoms with E-state index < -0.39 is 12.6 Å². The van der Waals surface area contributed by atoms with Gasteiger partial charge in [0.2, 0.25) is 11.7 Å². The summed E-state index contributed by atoms with van der Waals surface area (Å²) >= 11 is 0. The number of hydrogen-bond donors (Lipinski definition) is 0. The highest BCUT2D eigenvalue weighted by atomic mass is 19.1. The fourth-order valence-corrected chi connectivity index (χ4v) is 3.25. The molecule has 1 saturated heterocycles. The molecule has 0 N–H and O–H groups in total. The van der Waals surface area contributed by atoms with Crippen molar-refractivity contribution in [3.05, 3.63) is 77.8 Å². The third-order valence-corrected chi connectivity index (χ3v) is 4.84. The number of carbonyl (C=O) groups excluding carboxylic acids is 3. The van der Waals surface area contributed by atoms with Gasteiger partial charge in [-0.3, -0.25) is 9.59 Å². The summed E-state index contributed by atoms with van der Waals surface area (Å²) in [4.78, 5) is 38.0. The van der Waals surface area contributed by atoms with Gasteiger partial charge in [-0.25, -0.2) is 9.18 Å². The van der Waals surface area contributed by atoms with Crippen LogP contribution in [-0.4, -0.2) is 30.8 Å². The summed E-state index contributed by atoms with van der Waals surface area (Å²) in [6.07, 6.45) is 1.36. The van der Waals surface area contributed by atoms with Crippen molar-refractivity contribution >= 4 is 23.3 Å². The van der Waals surface area contributed by atoms with Crippen LogP contribution in [0.1, 0.15) is 33.8 Å². The normalized spacial score (nSPS) is 13.5. The fourth-order valence-electron chi connectivity index (χ4n) is 3.25. The zero-order chi connectivity index (χ0) is 21.1. The van der Waals surface area contributed by atoms with Crippen molar-refractivity contribution in [1.82, 2.24) is 0 Å². The Balaban J connectivity index is 1.35. The lowest BCUT2D eigenvalue weighted by Crippen LogP contribution is -2.23. The molecule has 0 unspecified atom stereocenters. The van der Waals surface area contributed by atoms with Crippen LogP contribution < -0.4 is 4.90 Å². The number of Topliss-reactive ketones (excluding diaryl/α,β-unsaturated/α-hetero) is 1. The Bertz CT molecular complexity index is 1090. The maximum Gasteiger partial charge on any atom is 0.374 e. The average molecular weight is 407 g/mol. The molecule has 0 bridgehead atoms. The summed E-state index contributed by atoms with van der Waals surface area (Å²) in [5.74, 6) is -1.10. The van der Waals surface area contributed by atoms with Crippen molar-refractivity contribution in [1.29, 1.82) is 0 Å². The van der Waals surface area contributed by atoms with E-state index in [4.69, 9.17) is 9.15 Å². The molecular weight excluding hydrogens is 389 g/mol. The monoisotopic (exact) mass is 407 g/mol. The van der Waals surface area contributed by atoms with E-state index in [1.54, 1.807) is 35.2 Å². The van der Waals surface area contributed by atoms with Gasteiger partial charge in [0.05, 0.1) is 0 Å². The third-order valence-electron chi connectivity index (χ3n) is 4.84. The van der Waals surface area contributed by atoms with Gasteiger partial charge >= 0.3 is 5.97 Å². The van der Waals surface area contributed by atoms with Crippen LogP contribution in [0.3, 0.4) is 0 Å². The van der Waals surface area contributed by atoms with E-state index in [2.05, 4.69) is 0 Å². The molecule has 0 aliphatic carbocycles. The van der Waals surface area contributed by atoms with E-state index in [0.717, 1.165) is 12.1 Å². The summed E-state index contributed by atoms with van der Waals surface area (Å²) in [5.41, 5.74) is 1.74. The number of esters is 1. The predicted molar refractivity (Wildman–Crippen MR) is 107 cm³/mol. The van der Waals surface area contributed by atoms with Crippen LogP contribution in [0.5, 0.6) is 0 Å². The smallest absolute Gasteiger partial charge is 0.374 e. The lowest BCUT2D eigenvalue weighted by molar-refractivity contribution is -0.117. The van der Waals surface area contributed by atoms with Crippen LogP contribution in [0.4, 0.5) is 10.1 Å². The van der Waals surface area contributed by atoms with Gasteiger partial charge in [-0.1, -0.05) is 0 Å². The minimum absolute atomic E-state index is 0.0509. The first-order valence-electron chi connectivity index (χ1n) is 9.48. The van der Waals surface area contributed by atoms with Crippen LogP contribution in [0.2, 0.25) is 0 Å². The Hall–Kier alpha value is -3.74. The highest BCUT2D eigenvalue weighted by Crippen LogP contribution is 2.24. The van der Waals surface area contributed by atoms with Gasteiger partial charge in [-0.2, -0.15) is 0 Å². The molecule has 152 valence electrons. The molecule has 0 spiro atoms. The highest BCUT2D eigenvalue weighted by Gasteiger charge is 2.22. The number of benzene rings is 2. The van der Waals surface area contributed by atoms with Crippen molar-refractivity contribution in [2.75, 3.05) is 18.1 Å². The molecule has 1 aromatic heterocycles. The van der Waals surface area contributed by atoms with Crippen LogP contribution in [0, 0.1) is 5.82 Å². The number of nitrogens with zero attached hydrogens (tertiary/aromatic N) is 1. The number of amides is 1. The topological polar surface area (TPSA) is 76.8 Å². The van der Waals surface area contributed by atoms with Gasteiger partial charge in [0, 0.05) is 29.8 Å². The van der Waals surface area contributed by atoms with E-state index in [0.29, 0.717) is 29.9 Å². The van der Waals surface area contributed by atoms with Crippen molar-refractivity contribution in [2.45, 2.75) is 12.8 Å². The van der Waals surface area contributed by atoms with Crippen LogP contribution in [-0.2, 0) is 9.53 Å². The predicted octanol–water partition coefficient (Wildman–Crippen LogP) is 4.25. The second-order valence-corrected chi connectivity index (χ2v) is 6.87. The number of ether oxygens (including phenoxy) is 1. The largest absolute Gasteiger partial charge is 0.451 e. The van der Waals surface area contributed by atoms with Gasteiger partial charge in [0.25, 0.3) is 0 Å². The Labute approximate surface area is 171 Å². The Morgan fingerprint density at radius 3 is 2.40 bits per heavy atom. The van der Waals surface area contributed by atoms with Crippen molar-refractivity contribution in [2.24, 2.45) is 0 Å². The molecule has 1 fully saturated rings. The fraction of sp³-hybridized carbons (Fsp3) is 0.174. The summed E-state index contributed by atoms with van der Waals surface area (Å²) in [6, 6.07) is 15.3. The molecule has 0 saturated carbocycles. The molecule has 2 heterocycles. The number of furan rings is 1. The van der Waals surface area contributed by atoms with Gasteiger partial charge in [0.15, 0.2) is 12.4 Å². The number of anilines is 1. The standard InChI is InChI=1S/C23H18FNO5/c24-17-7-3-16(4-8-17)20-11-12-21(30-20)23(28)29-14-19(26)15-5-9-18(10-6-15)25-13-1-2-22(25)27/h3-12H,1-2,13-14H2. The zero-order valence-electron chi connectivity index (χ0n) is 16.0. The molecule has 1 amide bonds. The van der Waals surface area contributed by atoms with Crippen LogP contribution in [0.25, 0.3) is 11.3 Å². The number of carbonyl (C=O) groups is 3. The number of halogens is 1. The second kappa shape index (κ2) is 8.32. The van der Waals surface area contributed by atoms with E-state index in [1.165, 1.54) is 30.3 Å². The van der Waals surface area contributed by atoms with Crippen molar-refractivity contribution < 1.29 is 27.9 Å². The number of rotatable bonds is 6. The Kier molecular flexibility index (Phi) is 5.43. The maximum atomic E-state index is 13.0. The van der Waals surface area contributed by atoms with Crippen molar-refractivity contribution in [3.63, 3.8) is 0 Å². The molecule has 4 rings (SSSR count). The van der Waals surface area contributed by atoms with E-state index in [1.807, 2.05) is 0 Å². The third kappa shape index (κ3) is 4.15. The summed E-state index contributed by atoms with van der Waals surface area (Å²) in [6.45, 7) is 0.236. The SMILES string of the molecule is O=C(COC(=O)c1ccc(-c2ccc(F)cc2)o1)c1ccc(N2CCCC2=O)cc1. The lowest BCUT2D eigenvalue weighted by atomic mass is 10.1. The highest BCUT2D eigenvalue weighted by molar-refractivity contribution is 6.00. The van der Waals surface area contributed by atoms with Gasteiger partial charge in [0.1, 0.15) is 11.6 Å². The molecular formula is C23H18FNO5. The molecule has 0 atom stereocenters. The average Bonchev–Trinajstić information content (AvgIpc) is 3.42. The van der Waals surface area contributed by atoms with Crippen LogP contribution in [0.15, 0.2) is 65.1 Å². The number of hydrogen-bond acceptors (Lipinski definition) is 5. The first-order valence-corrected chi connectivity index (χ1v) is 9.48. The lowest BCUT2D eigenvalue weighted by Gasteiger charge is -2.15.